The van der Waals surface area contributed by atoms with Gasteiger partial charge in [0.15, 0.2) is 0 Å². The molecular weight excluding hydrogens is 180 g/mol. The molecule has 2 atom stereocenters. The molecule has 0 aliphatic carbocycles. The number of nitrogens with zero attached hydrogens (tertiary/aromatic N) is 1. The predicted molar refractivity (Wildman–Crippen MR) is 54.7 cm³/mol. The van der Waals surface area contributed by atoms with Crippen LogP contribution in [0.4, 0.5) is 0 Å². The first-order chi connectivity index (χ1) is 6.65. The maximum atomic E-state index is 11.7. The van der Waals surface area contributed by atoms with E-state index in [-0.39, 0.29) is 18.1 Å². The number of aliphatic hydroxyl groups is 1. The molecule has 1 rings (SSSR count). The molecule has 4 heteroatoms. The molecule has 4 nitrogen and oxygen atoms in total. The van der Waals surface area contributed by atoms with E-state index in [1.165, 1.54) is 0 Å². The standard InChI is InChI=1S/C10H20N2O2/c1-2-4-9(11)10(14)12-6-3-5-8(13)7-12/h8-9,13H,2-7,11H2,1H3. The molecule has 0 bridgehead atoms. The minimum atomic E-state index is -0.384. The van der Waals surface area contributed by atoms with Crippen LogP contribution in [-0.4, -0.2) is 41.1 Å². The van der Waals surface area contributed by atoms with E-state index >= 15 is 0 Å². The van der Waals surface area contributed by atoms with Gasteiger partial charge in [0.1, 0.15) is 0 Å². The van der Waals surface area contributed by atoms with Gasteiger partial charge in [0.2, 0.25) is 5.91 Å². The summed E-state index contributed by atoms with van der Waals surface area (Å²) in [4.78, 5) is 13.4. The fourth-order valence-corrected chi connectivity index (χ4v) is 1.82. The Kier molecular flexibility index (Phi) is 4.35. The third-order valence-corrected chi connectivity index (χ3v) is 2.63. The normalized spacial score (nSPS) is 24.8. The summed E-state index contributed by atoms with van der Waals surface area (Å²) in [5.41, 5.74) is 5.73. The molecule has 1 fully saturated rings. The number of carbonyl (C=O) groups is 1. The van der Waals surface area contributed by atoms with Crippen LogP contribution in [0.25, 0.3) is 0 Å². The van der Waals surface area contributed by atoms with Gasteiger partial charge in [-0.15, -0.1) is 0 Å². The SMILES string of the molecule is CCCC(N)C(=O)N1CCCC(O)C1. The highest BCUT2D eigenvalue weighted by Gasteiger charge is 2.25. The Morgan fingerprint density at radius 3 is 3.00 bits per heavy atom. The van der Waals surface area contributed by atoms with Crippen LogP contribution in [0.2, 0.25) is 0 Å². The molecule has 0 aromatic heterocycles. The zero-order valence-corrected chi connectivity index (χ0v) is 8.78. The first-order valence-electron chi connectivity index (χ1n) is 5.37. The molecule has 0 aromatic carbocycles. The number of likely N-dealkylation sites (tertiary alicyclic amines) is 1. The van der Waals surface area contributed by atoms with E-state index in [1.807, 2.05) is 6.92 Å². The topological polar surface area (TPSA) is 66.6 Å². The van der Waals surface area contributed by atoms with E-state index in [2.05, 4.69) is 0 Å². The molecule has 82 valence electrons. The molecule has 1 saturated heterocycles. The molecule has 14 heavy (non-hydrogen) atoms. The smallest absolute Gasteiger partial charge is 0.239 e. The van der Waals surface area contributed by atoms with Crippen molar-refractivity contribution in [3.05, 3.63) is 0 Å². The van der Waals surface area contributed by atoms with Gasteiger partial charge in [0, 0.05) is 13.1 Å². The number of amides is 1. The van der Waals surface area contributed by atoms with Gasteiger partial charge < -0.3 is 15.7 Å². The fourth-order valence-electron chi connectivity index (χ4n) is 1.82. The summed E-state index contributed by atoms with van der Waals surface area (Å²) in [6.45, 7) is 3.21. The van der Waals surface area contributed by atoms with Crippen LogP contribution < -0.4 is 5.73 Å². The zero-order valence-electron chi connectivity index (χ0n) is 8.78. The van der Waals surface area contributed by atoms with Gasteiger partial charge in [0.05, 0.1) is 12.1 Å². The highest BCUT2D eigenvalue weighted by molar-refractivity contribution is 5.81. The van der Waals surface area contributed by atoms with Crippen molar-refractivity contribution in [2.45, 2.75) is 44.8 Å². The molecular formula is C10H20N2O2. The van der Waals surface area contributed by atoms with E-state index in [9.17, 15) is 9.90 Å². The summed E-state index contributed by atoms with van der Waals surface area (Å²) in [6, 6.07) is -0.384. The molecule has 1 amide bonds. The minimum absolute atomic E-state index is 0.00870. The summed E-state index contributed by atoms with van der Waals surface area (Å²) in [6.07, 6.45) is 2.97. The molecule has 0 saturated carbocycles. The van der Waals surface area contributed by atoms with E-state index in [4.69, 9.17) is 5.73 Å². The van der Waals surface area contributed by atoms with E-state index in [0.29, 0.717) is 6.54 Å². The minimum Gasteiger partial charge on any atom is -0.391 e. The average molecular weight is 200 g/mol. The first-order valence-corrected chi connectivity index (χ1v) is 5.37. The maximum absolute atomic E-state index is 11.7. The van der Waals surface area contributed by atoms with Crippen LogP contribution in [0.1, 0.15) is 32.6 Å². The first kappa shape index (κ1) is 11.5. The van der Waals surface area contributed by atoms with Gasteiger partial charge in [-0.2, -0.15) is 0 Å². The van der Waals surface area contributed by atoms with Crippen LogP contribution in [0.15, 0.2) is 0 Å². The summed E-state index contributed by atoms with van der Waals surface area (Å²) >= 11 is 0. The number of nitrogens with two attached hydrogens (primary N) is 1. The van der Waals surface area contributed by atoms with Gasteiger partial charge >= 0.3 is 0 Å². The van der Waals surface area contributed by atoms with Crippen LogP contribution in [0.5, 0.6) is 0 Å². The molecule has 1 aliphatic rings. The van der Waals surface area contributed by atoms with Crippen molar-refractivity contribution >= 4 is 5.91 Å². The lowest BCUT2D eigenvalue weighted by Crippen LogP contribution is -2.49. The quantitative estimate of drug-likeness (QED) is 0.679. The molecule has 0 radical (unpaired) electrons. The number of β-amino-alcohol motifs (C(OH)–C–C–N with tert-alkyl or cyclic N) is 1. The number of rotatable bonds is 3. The molecule has 0 aromatic rings. The Morgan fingerprint density at radius 1 is 1.71 bits per heavy atom. The highest BCUT2D eigenvalue weighted by Crippen LogP contribution is 2.11. The highest BCUT2D eigenvalue weighted by atomic mass is 16.3. The maximum Gasteiger partial charge on any atom is 0.239 e. The number of piperidine rings is 1. The summed E-state index contributed by atoms with van der Waals surface area (Å²) in [5.74, 6) is -0.00870. The van der Waals surface area contributed by atoms with Crippen molar-refractivity contribution in [1.82, 2.24) is 4.90 Å². The second-order valence-corrected chi connectivity index (χ2v) is 3.98. The van der Waals surface area contributed by atoms with Crippen LogP contribution >= 0.6 is 0 Å². The summed E-state index contributed by atoms with van der Waals surface area (Å²) in [7, 11) is 0. The molecule has 0 spiro atoms. The van der Waals surface area contributed by atoms with Crippen molar-refractivity contribution in [3.8, 4) is 0 Å². The molecule has 3 N–H and O–H groups in total. The van der Waals surface area contributed by atoms with Crippen molar-refractivity contribution in [2.75, 3.05) is 13.1 Å². The van der Waals surface area contributed by atoms with Gasteiger partial charge in [-0.1, -0.05) is 13.3 Å². The van der Waals surface area contributed by atoms with Crippen molar-refractivity contribution in [3.63, 3.8) is 0 Å². The average Bonchev–Trinajstić information content (AvgIpc) is 2.17. The summed E-state index contributed by atoms with van der Waals surface area (Å²) in [5, 5.41) is 9.41. The second-order valence-electron chi connectivity index (χ2n) is 3.98. The van der Waals surface area contributed by atoms with Gasteiger partial charge in [-0.05, 0) is 19.3 Å². The van der Waals surface area contributed by atoms with E-state index < -0.39 is 0 Å². The second kappa shape index (κ2) is 5.32. The Bertz CT molecular complexity index is 197. The monoisotopic (exact) mass is 200 g/mol. The summed E-state index contributed by atoms with van der Waals surface area (Å²) < 4.78 is 0. The van der Waals surface area contributed by atoms with Crippen molar-refractivity contribution < 1.29 is 9.90 Å². The van der Waals surface area contributed by atoms with Gasteiger partial charge in [0.25, 0.3) is 0 Å². The third-order valence-electron chi connectivity index (χ3n) is 2.63. The Hall–Kier alpha value is -0.610. The molecule has 2 unspecified atom stereocenters. The van der Waals surface area contributed by atoms with Crippen LogP contribution in [0.3, 0.4) is 0 Å². The number of carbonyl (C=O) groups excluding carboxylic acids is 1. The van der Waals surface area contributed by atoms with Gasteiger partial charge in [-0.25, -0.2) is 0 Å². The predicted octanol–water partition coefficient (Wildman–Crippen LogP) is 0.0971. The van der Waals surface area contributed by atoms with Crippen LogP contribution in [-0.2, 0) is 4.79 Å². The molecule has 1 aliphatic heterocycles. The number of hydrogen-bond acceptors (Lipinski definition) is 3. The Morgan fingerprint density at radius 2 is 2.43 bits per heavy atom. The zero-order chi connectivity index (χ0) is 10.6. The van der Waals surface area contributed by atoms with Crippen molar-refractivity contribution in [2.24, 2.45) is 5.73 Å². The lowest BCUT2D eigenvalue weighted by molar-refractivity contribution is -0.135. The van der Waals surface area contributed by atoms with Crippen LogP contribution in [0, 0.1) is 0 Å². The van der Waals surface area contributed by atoms with E-state index in [0.717, 1.165) is 32.2 Å². The fraction of sp³-hybridized carbons (Fsp3) is 0.900. The Labute approximate surface area is 85.1 Å². The van der Waals surface area contributed by atoms with E-state index in [1.54, 1.807) is 4.90 Å². The largest absolute Gasteiger partial charge is 0.391 e. The molecule has 1 heterocycles. The lowest BCUT2D eigenvalue weighted by Gasteiger charge is -2.31. The van der Waals surface area contributed by atoms with Crippen molar-refractivity contribution in [1.29, 1.82) is 0 Å². The van der Waals surface area contributed by atoms with Gasteiger partial charge in [-0.3, -0.25) is 4.79 Å². The lowest BCUT2D eigenvalue weighted by atomic mass is 10.1. The Balaban J connectivity index is 2.42. The third kappa shape index (κ3) is 2.96. The number of hydrogen-bond donors (Lipinski definition) is 2. The number of aliphatic hydroxyl groups excluding tert-OH is 1.